The van der Waals surface area contributed by atoms with Gasteiger partial charge in [0.15, 0.2) is 0 Å². The summed E-state index contributed by atoms with van der Waals surface area (Å²) < 4.78 is 10.1. The Labute approximate surface area is 153 Å². The smallest absolute Gasteiger partial charge is 0.306 e. The van der Waals surface area contributed by atoms with E-state index < -0.39 is 0 Å². The average Bonchev–Trinajstić information content (AvgIpc) is 2.60. The molecule has 0 aromatic heterocycles. The molecule has 0 rings (SSSR count). The summed E-state index contributed by atoms with van der Waals surface area (Å²) in [7, 11) is 0. The van der Waals surface area contributed by atoms with Crippen molar-refractivity contribution < 1.29 is 19.1 Å². The fourth-order valence-electron chi connectivity index (χ4n) is 2.30. The largest absolute Gasteiger partial charge is 0.461 e. The van der Waals surface area contributed by atoms with Crippen LogP contribution in [0.2, 0.25) is 0 Å². The van der Waals surface area contributed by atoms with Crippen LogP contribution in [0.1, 0.15) is 84.5 Å². The fourth-order valence-corrected chi connectivity index (χ4v) is 2.30. The van der Waals surface area contributed by atoms with E-state index in [1.54, 1.807) is 6.08 Å². The van der Waals surface area contributed by atoms with Crippen molar-refractivity contribution >= 4 is 11.9 Å². The van der Waals surface area contributed by atoms with E-state index in [9.17, 15) is 9.59 Å². The lowest BCUT2D eigenvalue weighted by atomic mass is 10.1. The highest BCUT2D eigenvalue weighted by Gasteiger charge is 2.06. The Hall–Kier alpha value is -1.58. The van der Waals surface area contributed by atoms with Crippen LogP contribution < -0.4 is 0 Å². The van der Waals surface area contributed by atoms with E-state index in [2.05, 4.69) is 13.0 Å². The molecule has 0 atom stereocenters. The Kier molecular flexibility index (Phi) is 17.6. The molecule has 0 fully saturated rings. The van der Waals surface area contributed by atoms with E-state index >= 15 is 0 Å². The van der Waals surface area contributed by atoms with Crippen molar-refractivity contribution in [3.63, 3.8) is 0 Å². The molecule has 4 nitrogen and oxygen atoms in total. The first-order valence-corrected chi connectivity index (χ1v) is 9.78. The maximum Gasteiger partial charge on any atom is 0.306 e. The van der Waals surface area contributed by atoms with Crippen molar-refractivity contribution in [3.8, 4) is 0 Å². The molecule has 0 aliphatic rings. The number of ether oxygens (including phenoxy) is 2. The van der Waals surface area contributed by atoms with Gasteiger partial charge in [0.25, 0.3) is 0 Å². The van der Waals surface area contributed by atoms with Gasteiger partial charge >= 0.3 is 11.9 Å². The first-order chi connectivity index (χ1) is 12.2. The summed E-state index contributed by atoms with van der Waals surface area (Å²) in [6.45, 7) is 4.72. The summed E-state index contributed by atoms with van der Waals surface area (Å²) >= 11 is 0. The molecule has 0 heterocycles. The molecule has 0 radical (unpaired) electrons. The van der Waals surface area contributed by atoms with Crippen LogP contribution in [0.3, 0.4) is 0 Å². The van der Waals surface area contributed by atoms with Crippen molar-refractivity contribution in [2.75, 3.05) is 13.2 Å². The van der Waals surface area contributed by atoms with Crippen LogP contribution in [0, 0.1) is 0 Å². The zero-order valence-corrected chi connectivity index (χ0v) is 16.1. The summed E-state index contributed by atoms with van der Waals surface area (Å²) in [5.41, 5.74) is 0. The van der Waals surface area contributed by atoms with Gasteiger partial charge in [0, 0.05) is 12.8 Å². The van der Waals surface area contributed by atoms with Crippen LogP contribution in [0.25, 0.3) is 0 Å². The van der Waals surface area contributed by atoms with Crippen molar-refractivity contribution in [2.24, 2.45) is 0 Å². The van der Waals surface area contributed by atoms with Gasteiger partial charge in [0.05, 0.1) is 0 Å². The molecule has 0 amide bonds. The zero-order chi connectivity index (χ0) is 18.6. The standard InChI is InChI=1S/C21H36O4/c1-3-5-7-8-9-10-11-12-13-14-19-25-21(23)17-15-16-20(22)24-18-6-4-2/h4,6,13-14H,3,5,7-12,15-19H2,1-2H3/b6-4+,14-13+. The second-order valence-electron chi connectivity index (χ2n) is 6.17. The number of allylic oxidation sites excluding steroid dienone is 2. The molecular weight excluding hydrogens is 316 g/mol. The molecule has 0 aromatic rings. The minimum Gasteiger partial charge on any atom is -0.461 e. The number of esters is 2. The van der Waals surface area contributed by atoms with E-state index in [0.29, 0.717) is 19.6 Å². The van der Waals surface area contributed by atoms with Gasteiger partial charge in [-0.1, -0.05) is 69.8 Å². The number of unbranched alkanes of at least 4 members (excludes halogenated alkanes) is 7. The Morgan fingerprint density at radius 1 is 0.720 bits per heavy atom. The van der Waals surface area contributed by atoms with Crippen LogP contribution >= 0.6 is 0 Å². The lowest BCUT2D eigenvalue weighted by Gasteiger charge is -2.03. The molecule has 0 aromatic carbocycles. The second kappa shape index (κ2) is 18.8. The monoisotopic (exact) mass is 352 g/mol. The molecule has 4 heteroatoms. The van der Waals surface area contributed by atoms with E-state index in [4.69, 9.17) is 9.47 Å². The van der Waals surface area contributed by atoms with Crippen molar-refractivity contribution in [3.05, 3.63) is 24.3 Å². The number of carbonyl (C=O) groups excluding carboxylic acids is 2. The van der Waals surface area contributed by atoms with Gasteiger partial charge in [0.2, 0.25) is 0 Å². The van der Waals surface area contributed by atoms with Gasteiger partial charge < -0.3 is 9.47 Å². The maximum absolute atomic E-state index is 11.5. The molecule has 144 valence electrons. The van der Waals surface area contributed by atoms with Crippen LogP contribution in [-0.4, -0.2) is 25.2 Å². The Morgan fingerprint density at radius 3 is 1.88 bits per heavy atom. The molecule has 0 unspecified atom stereocenters. The predicted octanol–water partition coefficient (Wildman–Crippen LogP) is 5.52. The van der Waals surface area contributed by atoms with Gasteiger partial charge in [-0.25, -0.2) is 0 Å². The second-order valence-corrected chi connectivity index (χ2v) is 6.17. The normalized spacial score (nSPS) is 11.3. The third-order valence-corrected chi connectivity index (χ3v) is 3.82. The van der Waals surface area contributed by atoms with Crippen LogP contribution in [0.5, 0.6) is 0 Å². The van der Waals surface area contributed by atoms with Gasteiger partial charge in [-0.15, -0.1) is 0 Å². The summed E-state index contributed by atoms with van der Waals surface area (Å²) in [5.74, 6) is -0.540. The highest BCUT2D eigenvalue weighted by molar-refractivity contribution is 5.72. The van der Waals surface area contributed by atoms with Crippen LogP contribution in [-0.2, 0) is 19.1 Å². The van der Waals surface area contributed by atoms with E-state index in [0.717, 1.165) is 6.42 Å². The minimum absolute atomic E-state index is 0.251. The Morgan fingerprint density at radius 2 is 1.28 bits per heavy atom. The van der Waals surface area contributed by atoms with Gasteiger partial charge in [-0.05, 0) is 26.2 Å². The molecule has 0 saturated carbocycles. The molecular formula is C21H36O4. The first kappa shape index (κ1) is 23.4. The highest BCUT2D eigenvalue weighted by Crippen LogP contribution is 2.08. The predicted molar refractivity (Wildman–Crippen MR) is 102 cm³/mol. The Balaban J connectivity index is 3.41. The fraction of sp³-hybridized carbons (Fsp3) is 0.714. The third-order valence-electron chi connectivity index (χ3n) is 3.82. The highest BCUT2D eigenvalue weighted by atomic mass is 16.5. The molecule has 0 saturated heterocycles. The molecule has 0 aliphatic heterocycles. The van der Waals surface area contributed by atoms with Crippen LogP contribution in [0.15, 0.2) is 24.3 Å². The molecule has 0 bridgehead atoms. The van der Waals surface area contributed by atoms with Gasteiger partial charge in [-0.2, -0.15) is 0 Å². The number of rotatable bonds is 16. The summed E-state index contributed by atoms with van der Waals surface area (Å²) in [5, 5.41) is 0. The van der Waals surface area contributed by atoms with E-state index in [1.807, 2.05) is 19.1 Å². The van der Waals surface area contributed by atoms with Crippen molar-refractivity contribution in [1.82, 2.24) is 0 Å². The van der Waals surface area contributed by atoms with Crippen LogP contribution in [0.4, 0.5) is 0 Å². The molecule has 0 spiro atoms. The average molecular weight is 353 g/mol. The lowest BCUT2D eigenvalue weighted by molar-refractivity contribution is -0.144. The third kappa shape index (κ3) is 18.6. The Bertz CT molecular complexity index is 385. The van der Waals surface area contributed by atoms with Crippen molar-refractivity contribution in [1.29, 1.82) is 0 Å². The first-order valence-electron chi connectivity index (χ1n) is 9.78. The summed E-state index contributed by atoms with van der Waals surface area (Å²) in [6, 6.07) is 0. The summed E-state index contributed by atoms with van der Waals surface area (Å²) in [6.07, 6.45) is 18.7. The van der Waals surface area contributed by atoms with Crippen molar-refractivity contribution in [2.45, 2.75) is 84.5 Å². The van der Waals surface area contributed by atoms with E-state index in [-0.39, 0.29) is 24.8 Å². The molecule has 25 heavy (non-hydrogen) atoms. The van der Waals surface area contributed by atoms with Gasteiger partial charge in [0.1, 0.15) is 13.2 Å². The number of carbonyl (C=O) groups is 2. The maximum atomic E-state index is 11.5. The minimum atomic E-state index is -0.277. The zero-order valence-electron chi connectivity index (χ0n) is 16.1. The number of hydrogen-bond acceptors (Lipinski definition) is 4. The molecule has 0 N–H and O–H groups in total. The lowest BCUT2D eigenvalue weighted by Crippen LogP contribution is -2.08. The number of hydrogen-bond donors (Lipinski definition) is 0. The SMILES string of the molecule is C/C=C/COC(=O)CCCC(=O)OC/C=C/CCCCCCCCC. The quantitative estimate of drug-likeness (QED) is 0.209. The van der Waals surface area contributed by atoms with E-state index in [1.165, 1.54) is 44.9 Å². The molecule has 0 aliphatic carbocycles. The summed E-state index contributed by atoms with van der Waals surface area (Å²) in [4.78, 5) is 22.9. The topological polar surface area (TPSA) is 52.6 Å². The van der Waals surface area contributed by atoms with Gasteiger partial charge in [-0.3, -0.25) is 9.59 Å².